The number of carbonyl (C=O) groups excluding carboxylic acids is 1. The minimum absolute atomic E-state index is 0.293. The maximum Gasteiger partial charge on any atom is 0.219 e. The summed E-state index contributed by atoms with van der Waals surface area (Å²) in [4.78, 5) is 16.5. The Bertz CT molecular complexity index is 570. The molecule has 0 aliphatic rings. The second kappa shape index (κ2) is 4.70. The predicted molar refractivity (Wildman–Crippen MR) is 72.5 cm³/mol. The van der Waals surface area contributed by atoms with Crippen LogP contribution in [0.15, 0.2) is 11.6 Å². The van der Waals surface area contributed by atoms with Gasteiger partial charge in [0.1, 0.15) is 0 Å². The van der Waals surface area contributed by atoms with Gasteiger partial charge in [-0.1, -0.05) is 0 Å². The maximum absolute atomic E-state index is 11.0. The first kappa shape index (κ1) is 13.0. The molecular weight excluding hydrogens is 248 g/mol. The molecule has 0 unspecified atom stereocenters. The maximum atomic E-state index is 11.0. The predicted octanol–water partition coefficient (Wildman–Crippen LogP) is 1.45. The van der Waals surface area contributed by atoms with E-state index in [9.17, 15) is 4.79 Å². The van der Waals surface area contributed by atoms with Crippen LogP contribution >= 0.6 is 11.3 Å². The second-order valence-electron chi connectivity index (χ2n) is 5.08. The number of primary amides is 1. The van der Waals surface area contributed by atoms with Crippen molar-refractivity contribution in [1.29, 1.82) is 0 Å². The molecule has 0 saturated carbocycles. The van der Waals surface area contributed by atoms with Crippen LogP contribution in [-0.2, 0) is 11.3 Å². The second-order valence-corrected chi connectivity index (χ2v) is 5.95. The molecule has 0 saturated heterocycles. The van der Waals surface area contributed by atoms with E-state index in [0.29, 0.717) is 13.0 Å². The van der Waals surface area contributed by atoms with Gasteiger partial charge in [0.15, 0.2) is 4.96 Å². The lowest BCUT2D eigenvalue weighted by Gasteiger charge is -2.24. The van der Waals surface area contributed by atoms with Gasteiger partial charge in [0.25, 0.3) is 0 Å². The van der Waals surface area contributed by atoms with Crippen LogP contribution in [0.25, 0.3) is 4.96 Å². The lowest BCUT2D eigenvalue weighted by Crippen LogP contribution is -2.42. The highest BCUT2D eigenvalue weighted by Crippen LogP contribution is 2.18. The summed E-state index contributed by atoms with van der Waals surface area (Å²) in [7, 11) is 0. The Morgan fingerprint density at radius 3 is 3.00 bits per heavy atom. The van der Waals surface area contributed by atoms with Gasteiger partial charge in [0.05, 0.1) is 11.4 Å². The SMILES string of the molecule is Cc1nc2sccn2c1CNC(C)(C)CC(N)=O. The van der Waals surface area contributed by atoms with E-state index < -0.39 is 0 Å². The quantitative estimate of drug-likeness (QED) is 0.860. The number of nitrogens with two attached hydrogens (primary N) is 1. The van der Waals surface area contributed by atoms with Gasteiger partial charge in [0.2, 0.25) is 5.91 Å². The molecule has 0 radical (unpaired) electrons. The smallest absolute Gasteiger partial charge is 0.219 e. The number of hydrogen-bond donors (Lipinski definition) is 2. The molecule has 18 heavy (non-hydrogen) atoms. The molecule has 0 aliphatic carbocycles. The van der Waals surface area contributed by atoms with Crippen molar-refractivity contribution in [3.8, 4) is 0 Å². The Morgan fingerprint density at radius 1 is 1.61 bits per heavy atom. The van der Waals surface area contributed by atoms with E-state index in [1.807, 2.05) is 32.3 Å². The molecule has 0 bridgehead atoms. The molecule has 2 aromatic heterocycles. The Morgan fingerprint density at radius 2 is 2.33 bits per heavy atom. The van der Waals surface area contributed by atoms with Gasteiger partial charge in [-0.15, -0.1) is 11.3 Å². The molecule has 98 valence electrons. The highest BCUT2D eigenvalue weighted by Gasteiger charge is 2.21. The van der Waals surface area contributed by atoms with E-state index in [1.54, 1.807) is 11.3 Å². The summed E-state index contributed by atoms with van der Waals surface area (Å²) >= 11 is 1.62. The topological polar surface area (TPSA) is 72.4 Å². The summed E-state index contributed by atoms with van der Waals surface area (Å²) in [5, 5.41) is 5.37. The van der Waals surface area contributed by atoms with Crippen molar-refractivity contribution in [2.24, 2.45) is 5.73 Å². The van der Waals surface area contributed by atoms with Gasteiger partial charge in [-0.3, -0.25) is 9.20 Å². The highest BCUT2D eigenvalue weighted by molar-refractivity contribution is 7.15. The van der Waals surface area contributed by atoms with Crippen LogP contribution in [0.4, 0.5) is 0 Å². The summed E-state index contributed by atoms with van der Waals surface area (Å²) in [6, 6.07) is 0. The third-order valence-electron chi connectivity index (χ3n) is 2.91. The number of nitrogens with one attached hydrogen (secondary N) is 1. The van der Waals surface area contributed by atoms with E-state index in [4.69, 9.17) is 5.73 Å². The molecule has 2 heterocycles. The molecule has 0 spiro atoms. The number of hydrogen-bond acceptors (Lipinski definition) is 4. The number of aromatic nitrogens is 2. The van der Waals surface area contributed by atoms with Crippen molar-refractivity contribution in [1.82, 2.24) is 14.7 Å². The molecule has 0 fully saturated rings. The Labute approximate surface area is 110 Å². The van der Waals surface area contributed by atoms with E-state index in [1.165, 1.54) is 0 Å². The van der Waals surface area contributed by atoms with Crippen LogP contribution in [0.1, 0.15) is 31.7 Å². The molecule has 6 heteroatoms. The van der Waals surface area contributed by atoms with Gasteiger partial charge < -0.3 is 11.1 Å². The van der Waals surface area contributed by atoms with Gasteiger partial charge in [-0.25, -0.2) is 4.98 Å². The van der Waals surface area contributed by atoms with Crippen LogP contribution in [0, 0.1) is 6.92 Å². The lowest BCUT2D eigenvalue weighted by molar-refractivity contribution is -0.119. The minimum atomic E-state index is -0.307. The number of amides is 1. The third kappa shape index (κ3) is 2.70. The summed E-state index contributed by atoms with van der Waals surface area (Å²) in [5.74, 6) is -0.293. The summed E-state index contributed by atoms with van der Waals surface area (Å²) in [6.45, 7) is 6.61. The molecule has 0 aromatic carbocycles. The van der Waals surface area contributed by atoms with Gasteiger partial charge >= 0.3 is 0 Å². The molecule has 1 amide bonds. The number of imidazole rings is 1. The highest BCUT2D eigenvalue weighted by atomic mass is 32.1. The first-order chi connectivity index (χ1) is 8.39. The number of thiazole rings is 1. The molecule has 2 rings (SSSR count). The van der Waals surface area contributed by atoms with Crippen molar-refractivity contribution in [3.05, 3.63) is 23.0 Å². The van der Waals surface area contributed by atoms with E-state index in [0.717, 1.165) is 16.3 Å². The summed E-state index contributed by atoms with van der Waals surface area (Å²) < 4.78 is 2.08. The third-order valence-corrected chi connectivity index (χ3v) is 3.67. The molecule has 3 N–H and O–H groups in total. The van der Waals surface area contributed by atoms with Crippen LogP contribution in [0.3, 0.4) is 0 Å². The number of fused-ring (bicyclic) bond motifs is 1. The van der Waals surface area contributed by atoms with Gasteiger partial charge in [-0.05, 0) is 20.8 Å². The number of carbonyl (C=O) groups is 1. The lowest BCUT2D eigenvalue weighted by atomic mass is 10.0. The zero-order chi connectivity index (χ0) is 13.3. The number of aryl methyl sites for hydroxylation is 1. The van der Waals surface area contributed by atoms with Crippen molar-refractivity contribution < 1.29 is 4.79 Å². The minimum Gasteiger partial charge on any atom is -0.370 e. The fraction of sp³-hybridized carbons (Fsp3) is 0.500. The monoisotopic (exact) mass is 266 g/mol. The normalized spacial score (nSPS) is 12.2. The van der Waals surface area contributed by atoms with Crippen molar-refractivity contribution in [2.75, 3.05) is 0 Å². The Hall–Kier alpha value is -1.40. The van der Waals surface area contributed by atoms with Gasteiger partial charge in [0, 0.05) is 30.1 Å². The van der Waals surface area contributed by atoms with Crippen LogP contribution in [-0.4, -0.2) is 20.8 Å². The van der Waals surface area contributed by atoms with Crippen LogP contribution in [0.5, 0.6) is 0 Å². The van der Waals surface area contributed by atoms with Gasteiger partial charge in [-0.2, -0.15) is 0 Å². The molecular formula is C12H18N4OS. The standard InChI is InChI=1S/C12H18N4OS/c1-8-9(16-4-5-18-11(16)15-8)7-14-12(2,3)6-10(13)17/h4-5,14H,6-7H2,1-3H3,(H2,13,17). The molecule has 5 nitrogen and oxygen atoms in total. The number of nitrogens with zero attached hydrogens (tertiary/aromatic N) is 2. The summed E-state index contributed by atoms with van der Waals surface area (Å²) in [5.41, 5.74) is 7.08. The number of rotatable bonds is 5. The Balaban J connectivity index is 2.12. The van der Waals surface area contributed by atoms with Crippen molar-refractivity contribution in [2.45, 2.75) is 39.3 Å². The first-order valence-electron chi connectivity index (χ1n) is 5.83. The van der Waals surface area contributed by atoms with Crippen LogP contribution < -0.4 is 11.1 Å². The largest absolute Gasteiger partial charge is 0.370 e. The molecule has 0 atom stereocenters. The average Bonchev–Trinajstić information content (AvgIpc) is 2.73. The van der Waals surface area contributed by atoms with Crippen molar-refractivity contribution >= 4 is 22.2 Å². The average molecular weight is 266 g/mol. The van der Waals surface area contributed by atoms with E-state index >= 15 is 0 Å². The van der Waals surface area contributed by atoms with Crippen molar-refractivity contribution in [3.63, 3.8) is 0 Å². The fourth-order valence-corrected chi connectivity index (χ4v) is 2.75. The first-order valence-corrected chi connectivity index (χ1v) is 6.71. The molecule has 0 aliphatic heterocycles. The van der Waals surface area contributed by atoms with Crippen LogP contribution in [0.2, 0.25) is 0 Å². The zero-order valence-electron chi connectivity index (χ0n) is 10.9. The fourth-order valence-electron chi connectivity index (χ4n) is 1.97. The summed E-state index contributed by atoms with van der Waals surface area (Å²) in [6.07, 6.45) is 2.33. The Kier molecular flexibility index (Phi) is 3.41. The van der Waals surface area contributed by atoms with E-state index in [-0.39, 0.29) is 11.4 Å². The zero-order valence-corrected chi connectivity index (χ0v) is 11.7. The van der Waals surface area contributed by atoms with E-state index in [2.05, 4.69) is 14.7 Å². The molecule has 2 aromatic rings.